The molecular weight excluding hydrogens is 299 g/mol. The Morgan fingerprint density at radius 1 is 0.556 bits per heavy atom. The Bertz CT molecular complexity index is 157. The van der Waals surface area contributed by atoms with Gasteiger partial charge in [0.05, 0.1) is 0 Å². The molecule has 0 bridgehead atoms. The largest absolute Gasteiger partial charge is 0.237 e. The highest BCUT2D eigenvalue weighted by Crippen LogP contribution is 2.14. The Labute approximate surface area is 131 Å². The van der Waals surface area contributed by atoms with Crippen LogP contribution in [0.25, 0.3) is 0 Å². The zero-order chi connectivity index (χ0) is 13.5. The summed E-state index contributed by atoms with van der Waals surface area (Å²) in [5.41, 5.74) is 0. The lowest BCUT2D eigenvalue weighted by Crippen LogP contribution is -1.91. The first-order valence-corrected chi connectivity index (χ1v) is 12.6. The van der Waals surface area contributed by atoms with Crippen molar-refractivity contribution >= 4 is 42.2 Å². The van der Waals surface area contributed by atoms with Gasteiger partial charge in [-0.1, -0.05) is 70.6 Å². The Morgan fingerprint density at radius 2 is 0.889 bits per heavy atom. The summed E-state index contributed by atoms with van der Waals surface area (Å²) in [6, 6.07) is 1.09. The fourth-order valence-electron chi connectivity index (χ4n) is 2.18. The molecule has 0 atom stereocenters. The van der Waals surface area contributed by atoms with Crippen LogP contribution >= 0.6 is 34.8 Å². The maximum absolute atomic E-state index is 5.82. The lowest BCUT2D eigenvalue weighted by molar-refractivity contribution is 0.548. The van der Waals surface area contributed by atoms with Crippen molar-refractivity contribution in [2.45, 2.75) is 83.1 Å². The molecule has 0 radical (unpaired) electrons. The predicted molar refractivity (Wildman–Crippen MR) is 92.9 cm³/mol. The topological polar surface area (TPSA) is 0 Å². The molecule has 0 saturated heterocycles. The zero-order valence-corrected chi connectivity index (χ0v) is 15.2. The highest BCUT2D eigenvalue weighted by atomic mass is 35.7. The molecule has 0 fully saturated rings. The molecule has 0 rings (SSSR count). The van der Waals surface area contributed by atoms with Crippen LogP contribution in [-0.2, 0) is 0 Å². The van der Waals surface area contributed by atoms with Gasteiger partial charge < -0.3 is 0 Å². The molecule has 4 heteroatoms. The quantitative estimate of drug-likeness (QED) is 0.164. The van der Waals surface area contributed by atoms with Gasteiger partial charge >= 0.3 is 0 Å². The molecule has 18 heavy (non-hydrogen) atoms. The number of thiol groups is 1. The molecule has 0 saturated carbocycles. The second-order valence-corrected chi connectivity index (χ2v) is 10.8. The van der Waals surface area contributed by atoms with Gasteiger partial charge in [0.25, 0.3) is 0 Å². The van der Waals surface area contributed by atoms with Crippen LogP contribution in [0.3, 0.4) is 0 Å². The van der Waals surface area contributed by atoms with E-state index in [0.717, 1.165) is 11.8 Å². The maximum Gasteiger partial charge on any atom is 0.237 e. The molecule has 0 nitrogen and oxygen atoms in total. The van der Waals surface area contributed by atoms with Crippen molar-refractivity contribution in [2.24, 2.45) is 0 Å². The van der Waals surface area contributed by atoms with E-state index in [-0.39, 0.29) is 0 Å². The van der Waals surface area contributed by atoms with Crippen LogP contribution in [-0.4, -0.2) is 13.2 Å². The number of hydrogen-bond donors (Lipinski definition) is 1. The first-order chi connectivity index (χ1) is 8.77. The second kappa shape index (κ2) is 16.2. The van der Waals surface area contributed by atoms with Crippen molar-refractivity contribution in [3.63, 3.8) is 0 Å². The zero-order valence-electron chi connectivity index (χ0n) is 11.7. The summed E-state index contributed by atoms with van der Waals surface area (Å²) < 4.78 is 0. The lowest BCUT2D eigenvalue weighted by atomic mass is 10.1. The van der Waals surface area contributed by atoms with Crippen LogP contribution in [0, 0.1) is 0 Å². The van der Waals surface area contributed by atoms with Gasteiger partial charge in [-0.25, -0.2) is 0 Å². The molecular formula is C14H30Cl2SSi. The first-order valence-electron chi connectivity index (χ1n) is 7.66. The van der Waals surface area contributed by atoms with E-state index < -0.39 is 7.42 Å². The Hall–Kier alpha value is 1.15. The fraction of sp³-hybridized carbons (Fsp3) is 1.00. The summed E-state index contributed by atoms with van der Waals surface area (Å²) in [5, 5.41) is 0. The Morgan fingerprint density at radius 3 is 1.22 bits per heavy atom. The van der Waals surface area contributed by atoms with Crippen LogP contribution in [0.15, 0.2) is 0 Å². The van der Waals surface area contributed by atoms with Gasteiger partial charge in [0.2, 0.25) is 7.42 Å². The van der Waals surface area contributed by atoms with Gasteiger partial charge in [0.1, 0.15) is 0 Å². The van der Waals surface area contributed by atoms with E-state index in [2.05, 4.69) is 12.6 Å². The van der Waals surface area contributed by atoms with Crippen molar-refractivity contribution in [3.8, 4) is 0 Å². The highest BCUT2D eigenvalue weighted by Gasteiger charge is 2.00. The molecule has 0 heterocycles. The van der Waals surface area contributed by atoms with Crippen LogP contribution in [0.4, 0.5) is 0 Å². The molecule has 0 amide bonds. The van der Waals surface area contributed by atoms with Crippen molar-refractivity contribution in [3.05, 3.63) is 0 Å². The molecule has 0 spiro atoms. The minimum Gasteiger partial charge on any atom is -0.179 e. The van der Waals surface area contributed by atoms with E-state index >= 15 is 0 Å². The summed E-state index contributed by atoms with van der Waals surface area (Å²) in [4.78, 5) is 0. The van der Waals surface area contributed by atoms with Crippen LogP contribution < -0.4 is 0 Å². The van der Waals surface area contributed by atoms with E-state index in [4.69, 9.17) is 22.2 Å². The average Bonchev–Trinajstić information content (AvgIpc) is 2.34. The number of halogens is 2. The number of unbranched alkanes of at least 4 members (excludes halogenated alkanes) is 11. The number of hydrogen-bond acceptors (Lipinski definition) is 1. The van der Waals surface area contributed by atoms with Gasteiger partial charge in [-0.05, 0) is 18.2 Å². The molecule has 0 aromatic carbocycles. The van der Waals surface area contributed by atoms with Gasteiger partial charge in [0, 0.05) is 0 Å². The minimum absolute atomic E-state index is 1.05. The molecule has 0 unspecified atom stereocenters. The van der Waals surface area contributed by atoms with Crippen LogP contribution in [0.1, 0.15) is 77.0 Å². The SMILES string of the molecule is SCCCCCCCCCCCCCC[SiH](Cl)Cl. The summed E-state index contributed by atoms with van der Waals surface area (Å²) in [6.07, 6.45) is 16.5. The summed E-state index contributed by atoms with van der Waals surface area (Å²) in [7, 11) is -1.32. The normalized spacial score (nSPS) is 11.3. The summed E-state index contributed by atoms with van der Waals surface area (Å²) in [6.45, 7) is 0. The van der Waals surface area contributed by atoms with Crippen LogP contribution in [0.2, 0.25) is 6.04 Å². The van der Waals surface area contributed by atoms with Crippen molar-refractivity contribution < 1.29 is 0 Å². The Kier molecular flexibility index (Phi) is 17.2. The molecule has 0 aliphatic heterocycles. The standard InChI is InChI=1S/C14H30Cl2SSi/c15-18(16)14-12-10-8-6-4-2-1-3-5-7-9-11-13-17/h17-18H,1-14H2. The monoisotopic (exact) mass is 328 g/mol. The smallest absolute Gasteiger partial charge is 0.179 e. The fourth-order valence-corrected chi connectivity index (χ4v) is 3.92. The Balaban J connectivity index is 2.90. The van der Waals surface area contributed by atoms with E-state index in [0.29, 0.717) is 0 Å². The lowest BCUT2D eigenvalue weighted by Gasteiger charge is -2.03. The maximum atomic E-state index is 5.82. The van der Waals surface area contributed by atoms with Gasteiger partial charge in [0.15, 0.2) is 0 Å². The van der Waals surface area contributed by atoms with E-state index in [9.17, 15) is 0 Å². The first kappa shape index (κ1) is 19.1. The number of rotatable bonds is 14. The third-order valence-corrected chi connectivity index (χ3v) is 5.80. The summed E-state index contributed by atoms with van der Waals surface area (Å²) >= 11 is 15.9. The highest BCUT2D eigenvalue weighted by molar-refractivity contribution is 7.80. The molecule has 110 valence electrons. The van der Waals surface area contributed by atoms with Crippen molar-refractivity contribution in [1.82, 2.24) is 0 Å². The van der Waals surface area contributed by atoms with Crippen molar-refractivity contribution in [2.75, 3.05) is 5.75 Å². The van der Waals surface area contributed by atoms with Gasteiger partial charge in [-0.3, -0.25) is 0 Å². The van der Waals surface area contributed by atoms with Gasteiger partial charge in [-0.2, -0.15) is 34.8 Å². The van der Waals surface area contributed by atoms with Crippen molar-refractivity contribution in [1.29, 1.82) is 0 Å². The molecule has 0 aromatic rings. The summed E-state index contributed by atoms with van der Waals surface area (Å²) in [5.74, 6) is 1.05. The van der Waals surface area contributed by atoms with E-state index in [1.54, 1.807) is 0 Å². The molecule has 0 N–H and O–H groups in total. The second-order valence-electron chi connectivity index (χ2n) is 5.15. The van der Waals surface area contributed by atoms with Crippen LogP contribution in [0.5, 0.6) is 0 Å². The molecule has 0 aliphatic rings. The van der Waals surface area contributed by atoms with Gasteiger partial charge in [-0.15, -0.1) is 0 Å². The van der Waals surface area contributed by atoms with E-state index in [1.807, 2.05) is 0 Å². The molecule has 0 aliphatic carbocycles. The third-order valence-electron chi connectivity index (χ3n) is 3.33. The average molecular weight is 329 g/mol. The molecule has 0 aromatic heterocycles. The predicted octanol–water partition coefficient (Wildman–Crippen LogP) is 6.30. The third kappa shape index (κ3) is 17.1. The minimum atomic E-state index is -1.32. The van der Waals surface area contributed by atoms with E-state index in [1.165, 1.54) is 77.0 Å².